The monoisotopic (exact) mass is 372 g/mol. The molecule has 0 aliphatic carbocycles. The van der Waals surface area contributed by atoms with Gasteiger partial charge in [0.25, 0.3) is 11.8 Å². The number of hydrogen-bond acceptors (Lipinski definition) is 3. The minimum atomic E-state index is -0.0523. The lowest BCUT2D eigenvalue weighted by atomic mass is 10.1. The van der Waals surface area contributed by atoms with Gasteiger partial charge in [0.05, 0.1) is 6.61 Å². The normalized spacial score (nSPS) is 14.4. The standard InChI is InChI=1S/C20H21ClN2O3/c1-26-14-15-5-7-16(8-6-15)19(24)22-9-11-23(12-10-22)20(25)17-3-2-4-18(21)13-17/h2-8,13H,9-12,14H2,1H3. The lowest BCUT2D eigenvalue weighted by molar-refractivity contribution is 0.0535. The Balaban J connectivity index is 1.59. The molecule has 1 heterocycles. The number of carbonyl (C=O) groups is 2. The maximum Gasteiger partial charge on any atom is 0.254 e. The van der Waals surface area contributed by atoms with Gasteiger partial charge in [0, 0.05) is 49.4 Å². The van der Waals surface area contributed by atoms with E-state index >= 15 is 0 Å². The smallest absolute Gasteiger partial charge is 0.254 e. The van der Waals surface area contributed by atoms with Gasteiger partial charge >= 0.3 is 0 Å². The molecule has 1 fully saturated rings. The third kappa shape index (κ3) is 4.23. The molecule has 1 aliphatic heterocycles. The van der Waals surface area contributed by atoms with Crippen LogP contribution in [0.15, 0.2) is 48.5 Å². The Bertz CT molecular complexity index is 784. The van der Waals surface area contributed by atoms with Gasteiger partial charge in [-0.25, -0.2) is 0 Å². The molecule has 5 nitrogen and oxygen atoms in total. The first-order valence-corrected chi connectivity index (χ1v) is 8.88. The molecule has 1 saturated heterocycles. The van der Waals surface area contributed by atoms with Crippen LogP contribution in [-0.2, 0) is 11.3 Å². The average Bonchev–Trinajstić information content (AvgIpc) is 2.68. The Kier molecular flexibility index (Phi) is 5.91. The first kappa shape index (κ1) is 18.4. The molecule has 2 aromatic carbocycles. The van der Waals surface area contributed by atoms with E-state index in [1.165, 1.54) is 0 Å². The first-order valence-electron chi connectivity index (χ1n) is 8.50. The van der Waals surface area contributed by atoms with Crippen molar-refractivity contribution in [2.24, 2.45) is 0 Å². The van der Waals surface area contributed by atoms with Gasteiger partial charge in [-0.2, -0.15) is 0 Å². The molecule has 0 bridgehead atoms. The SMILES string of the molecule is COCc1ccc(C(=O)N2CCN(C(=O)c3cccc(Cl)c3)CC2)cc1. The number of ether oxygens (including phenoxy) is 1. The maximum absolute atomic E-state index is 12.6. The number of hydrogen-bond donors (Lipinski definition) is 0. The molecular weight excluding hydrogens is 352 g/mol. The molecule has 3 rings (SSSR count). The van der Waals surface area contributed by atoms with Crippen molar-refractivity contribution in [1.29, 1.82) is 0 Å². The van der Waals surface area contributed by atoms with Gasteiger partial charge in [0.15, 0.2) is 0 Å². The van der Waals surface area contributed by atoms with Crippen molar-refractivity contribution >= 4 is 23.4 Å². The Morgan fingerprint density at radius 1 is 0.923 bits per heavy atom. The number of nitrogens with zero attached hydrogens (tertiary/aromatic N) is 2. The molecule has 6 heteroatoms. The van der Waals surface area contributed by atoms with Crippen molar-refractivity contribution < 1.29 is 14.3 Å². The average molecular weight is 373 g/mol. The van der Waals surface area contributed by atoms with Crippen molar-refractivity contribution in [2.75, 3.05) is 33.3 Å². The zero-order chi connectivity index (χ0) is 18.5. The highest BCUT2D eigenvalue weighted by Crippen LogP contribution is 2.15. The molecule has 0 atom stereocenters. The van der Waals surface area contributed by atoms with Crippen molar-refractivity contribution in [1.82, 2.24) is 9.80 Å². The lowest BCUT2D eigenvalue weighted by Gasteiger charge is -2.35. The highest BCUT2D eigenvalue weighted by Gasteiger charge is 2.25. The maximum atomic E-state index is 12.6. The van der Waals surface area contributed by atoms with E-state index in [-0.39, 0.29) is 11.8 Å². The quantitative estimate of drug-likeness (QED) is 0.828. The van der Waals surface area contributed by atoms with Crippen LogP contribution < -0.4 is 0 Å². The van der Waals surface area contributed by atoms with E-state index in [1.807, 2.05) is 24.3 Å². The largest absolute Gasteiger partial charge is 0.380 e. The van der Waals surface area contributed by atoms with E-state index in [0.29, 0.717) is 48.9 Å². The van der Waals surface area contributed by atoms with Crippen LogP contribution in [0.4, 0.5) is 0 Å². The Morgan fingerprint density at radius 2 is 1.50 bits per heavy atom. The molecule has 1 aliphatic rings. The molecule has 0 unspecified atom stereocenters. The number of piperazine rings is 1. The number of amides is 2. The third-order valence-corrected chi connectivity index (χ3v) is 4.67. The van der Waals surface area contributed by atoms with Crippen LogP contribution in [0.25, 0.3) is 0 Å². The van der Waals surface area contributed by atoms with Gasteiger partial charge in [-0.15, -0.1) is 0 Å². The minimum absolute atomic E-state index is 0.0104. The summed E-state index contributed by atoms with van der Waals surface area (Å²) in [7, 11) is 1.64. The van der Waals surface area contributed by atoms with Crippen LogP contribution in [0, 0.1) is 0 Å². The third-order valence-electron chi connectivity index (χ3n) is 4.44. The predicted molar refractivity (Wildman–Crippen MR) is 100 cm³/mol. The Labute approximate surface area is 158 Å². The summed E-state index contributed by atoms with van der Waals surface area (Å²) in [4.78, 5) is 28.7. The van der Waals surface area contributed by atoms with Crippen LogP contribution in [0.1, 0.15) is 26.3 Å². The summed E-state index contributed by atoms with van der Waals surface area (Å²) in [6.45, 7) is 2.59. The number of benzene rings is 2. The fourth-order valence-electron chi connectivity index (χ4n) is 3.01. The van der Waals surface area contributed by atoms with Gasteiger partial charge in [0.1, 0.15) is 0 Å². The minimum Gasteiger partial charge on any atom is -0.380 e. The fourth-order valence-corrected chi connectivity index (χ4v) is 3.20. The van der Waals surface area contributed by atoms with E-state index in [2.05, 4.69) is 0 Å². The molecule has 0 radical (unpaired) electrons. The van der Waals surface area contributed by atoms with Gasteiger partial charge in [0.2, 0.25) is 0 Å². The van der Waals surface area contributed by atoms with Crippen molar-refractivity contribution in [2.45, 2.75) is 6.61 Å². The summed E-state index contributed by atoms with van der Waals surface area (Å²) in [6, 6.07) is 14.4. The second-order valence-corrected chi connectivity index (χ2v) is 6.66. The van der Waals surface area contributed by atoms with Crippen LogP contribution in [-0.4, -0.2) is 54.9 Å². The van der Waals surface area contributed by atoms with E-state index in [1.54, 1.807) is 41.2 Å². The number of carbonyl (C=O) groups excluding carboxylic acids is 2. The number of methoxy groups -OCH3 is 1. The van der Waals surface area contributed by atoms with Crippen molar-refractivity contribution in [3.8, 4) is 0 Å². The highest BCUT2D eigenvalue weighted by molar-refractivity contribution is 6.30. The van der Waals surface area contributed by atoms with Crippen LogP contribution in [0.3, 0.4) is 0 Å². The van der Waals surface area contributed by atoms with Gasteiger partial charge in [-0.1, -0.05) is 29.8 Å². The fraction of sp³-hybridized carbons (Fsp3) is 0.300. The summed E-state index contributed by atoms with van der Waals surface area (Å²) < 4.78 is 5.08. The molecule has 0 aromatic heterocycles. The Hall–Kier alpha value is -2.37. The zero-order valence-electron chi connectivity index (χ0n) is 14.7. The van der Waals surface area contributed by atoms with Crippen molar-refractivity contribution in [3.05, 3.63) is 70.2 Å². The summed E-state index contributed by atoms with van der Waals surface area (Å²) in [6.07, 6.45) is 0. The molecule has 0 spiro atoms. The molecule has 2 aromatic rings. The summed E-state index contributed by atoms with van der Waals surface area (Å²) >= 11 is 5.96. The highest BCUT2D eigenvalue weighted by atomic mass is 35.5. The molecule has 26 heavy (non-hydrogen) atoms. The van der Waals surface area contributed by atoms with Gasteiger partial charge < -0.3 is 14.5 Å². The van der Waals surface area contributed by atoms with E-state index in [9.17, 15) is 9.59 Å². The topological polar surface area (TPSA) is 49.9 Å². The predicted octanol–water partition coefficient (Wildman–Crippen LogP) is 3.08. The molecule has 136 valence electrons. The summed E-state index contributed by atoms with van der Waals surface area (Å²) in [5.41, 5.74) is 2.26. The number of halogens is 1. The van der Waals surface area contributed by atoms with Crippen LogP contribution in [0.5, 0.6) is 0 Å². The lowest BCUT2D eigenvalue weighted by Crippen LogP contribution is -2.50. The summed E-state index contributed by atoms with van der Waals surface area (Å²) in [5, 5.41) is 0.543. The Morgan fingerprint density at radius 3 is 2.04 bits per heavy atom. The van der Waals surface area contributed by atoms with Crippen LogP contribution >= 0.6 is 11.6 Å². The second kappa shape index (κ2) is 8.34. The van der Waals surface area contributed by atoms with Crippen molar-refractivity contribution in [3.63, 3.8) is 0 Å². The number of rotatable bonds is 4. The van der Waals surface area contributed by atoms with E-state index < -0.39 is 0 Å². The summed E-state index contributed by atoms with van der Waals surface area (Å²) in [5.74, 6) is -0.0626. The molecule has 2 amide bonds. The molecule has 0 N–H and O–H groups in total. The van der Waals surface area contributed by atoms with Crippen LogP contribution in [0.2, 0.25) is 5.02 Å². The van der Waals surface area contributed by atoms with Gasteiger partial charge in [-0.05, 0) is 35.9 Å². The second-order valence-electron chi connectivity index (χ2n) is 6.22. The first-order chi connectivity index (χ1) is 12.6. The molecule has 0 saturated carbocycles. The zero-order valence-corrected chi connectivity index (χ0v) is 15.4. The van der Waals surface area contributed by atoms with E-state index in [4.69, 9.17) is 16.3 Å². The van der Waals surface area contributed by atoms with Gasteiger partial charge in [-0.3, -0.25) is 9.59 Å². The van der Waals surface area contributed by atoms with E-state index in [0.717, 1.165) is 5.56 Å². The molecular formula is C20H21ClN2O3.